The van der Waals surface area contributed by atoms with Crippen LogP contribution in [0.4, 0.5) is 0 Å². The number of rotatable bonds is 2. The van der Waals surface area contributed by atoms with Crippen molar-refractivity contribution >= 4 is 12.6 Å². The molecule has 4 nitrogen and oxygen atoms in total. The maximum atomic E-state index is 5.94. The van der Waals surface area contributed by atoms with E-state index in [1.807, 2.05) is 13.8 Å². The van der Waals surface area contributed by atoms with Crippen LogP contribution in [0.3, 0.4) is 0 Å². The quantitative estimate of drug-likeness (QED) is 0.690. The minimum atomic E-state index is -0.365. The van der Waals surface area contributed by atoms with E-state index < -0.39 is 0 Å². The zero-order valence-corrected chi connectivity index (χ0v) is 9.61. The van der Waals surface area contributed by atoms with E-state index in [9.17, 15) is 0 Å². The van der Waals surface area contributed by atoms with Crippen molar-refractivity contribution in [1.29, 1.82) is 0 Å². The predicted octanol–water partition coefficient (Wildman–Crippen LogP) is 1.36. The van der Waals surface area contributed by atoms with Gasteiger partial charge >= 0.3 is 7.12 Å². The highest BCUT2D eigenvalue weighted by Gasteiger charge is 2.53. The average Bonchev–Trinajstić information content (AvgIpc) is 2.74. The average molecular weight is 209 g/mol. The van der Waals surface area contributed by atoms with E-state index in [4.69, 9.17) is 13.8 Å². The van der Waals surface area contributed by atoms with Gasteiger partial charge in [-0.05, 0) is 27.2 Å². The zero-order chi connectivity index (χ0) is 11.1. The maximum Gasteiger partial charge on any atom is 0.499 e. The normalized spacial score (nSPS) is 29.7. The fourth-order valence-electron chi connectivity index (χ4n) is 1.77. The minimum Gasteiger partial charge on any atom is -0.399 e. The molecule has 15 heavy (non-hydrogen) atoms. The van der Waals surface area contributed by atoms with Crippen molar-refractivity contribution < 1.29 is 13.8 Å². The Balaban J connectivity index is 2.23. The molecule has 0 N–H and O–H groups in total. The van der Waals surface area contributed by atoms with Gasteiger partial charge in [0, 0.05) is 5.46 Å². The van der Waals surface area contributed by atoms with Gasteiger partial charge in [0.15, 0.2) is 0 Å². The van der Waals surface area contributed by atoms with Gasteiger partial charge in [0.1, 0.15) is 6.26 Å². The fraction of sp³-hybridized carbons (Fsp3) is 0.700. The van der Waals surface area contributed by atoms with Crippen molar-refractivity contribution in [2.75, 3.05) is 0 Å². The Hall–Kier alpha value is -0.805. The lowest BCUT2D eigenvalue weighted by Crippen LogP contribution is -2.44. The largest absolute Gasteiger partial charge is 0.499 e. The highest BCUT2D eigenvalue weighted by molar-refractivity contribution is 6.61. The van der Waals surface area contributed by atoms with Crippen molar-refractivity contribution in [2.24, 2.45) is 0 Å². The highest BCUT2D eigenvalue weighted by atomic mass is 16.7. The van der Waals surface area contributed by atoms with Gasteiger partial charge in [-0.25, -0.2) is 0 Å². The fourth-order valence-corrected chi connectivity index (χ4v) is 1.77. The molecule has 1 atom stereocenters. The van der Waals surface area contributed by atoms with Crippen LogP contribution in [0.2, 0.25) is 0 Å². The van der Waals surface area contributed by atoms with Gasteiger partial charge in [-0.2, -0.15) is 0 Å². The lowest BCUT2D eigenvalue weighted by atomic mass is 9.82. The third-order valence-corrected chi connectivity index (χ3v) is 3.44. The summed E-state index contributed by atoms with van der Waals surface area (Å²) in [5, 5.41) is 3.65. The summed E-state index contributed by atoms with van der Waals surface area (Å²) in [5.74, 6) is 0. The standard InChI is InChI=1S/C10H16BNO3/c1-5-10(4)9(2,3)14-11(15-10)8-6-12-13-7-8/h6-7H,5H2,1-4H3. The minimum absolute atomic E-state index is 0.269. The van der Waals surface area contributed by atoms with E-state index in [2.05, 4.69) is 19.0 Å². The van der Waals surface area contributed by atoms with E-state index >= 15 is 0 Å². The number of hydrogen-bond donors (Lipinski definition) is 0. The Labute approximate surface area is 90.1 Å². The molecule has 82 valence electrons. The van der Waals surface area contributed by atoms with Gasteiger partial charge in [-0.1, -0.05) is 12.1 Å². The summed E-state index contributed by atoms with van der Waals surface area (Å²) in [4.78, 5) is 0. The zero-order valence-electron chi connectivity index (χ0n) is 9.61. The second kappa shape index (κ2) is 3.35. The summed E-state index contributed by atoms with van der Waals surface area (Å²) in [6.45, 7) is 8.26. The van der Waals surface area contributed by atoms with E-state index in [0.717, 1.165) is 11.9 Å². The van der Waals surface area contributed by atoms with E-state index in [1.54, 1.807) is 12.5 Å². The first-order valence-electron chi connectivity index (χ1n) is 5.23. The van der Waals surface area contributed by atoms with Gasteiger partial charge in [-0.15, -0.1) is 0 Å². The second-order valence-electron chi connectivity index (χ2n) is 4.62. The Kier molecular flexibility index (Phi) is 2.39. The van der Waals surface area contributed by atoms with Crippen molar-refractivity contribution in [3.05, 3.63) is 12.5 Å². The van der Waals surface area contributed by atoms with Crippen LogP contribution in [-0.2, 0) is 9.31 Å². The summed E-state index contributed by atoms with van der Waals surface area (Å²) in [6.07, 6.45) is 4.09. The first-order valence-corrected chi connectivity index (χ1v) is 5.23. The highest BCUT2D eigenvalue weighted by Crippen LogP contribution is 2.39. The molecule has 0 amide bonds. The Bertz CT molecular complexity index is 338. The third kappa shape index (κ3) is 1.60. The van der Waals surface area contributed by atoms with Crippen LogP contribution < -0.4 is 5.46 Å². The van der Waals surface area contributed by atoms with Gasteiger partial charge in [-0.3, -0.25) is 0 Å². The van der Waals surface area contributed by atoms with Crippen LogP contribution in [-0.4, -0.2) is 23.5 Å². The van der Waals surface area contributed by atoms with Crippen LogP contribution >= 0.6 is 0 Å². The number of aromatic nitrogens is 1. The molecule has 0 aliphatic carbocycles. The lowest BCUT2D eigenvalue weighted by Gasteiger charge is -2.35. The van der Waals surface area contributed by atoms with E-state index in [0.29, 0.717) is 0 Å². The summed E-state index contributed by atoms with van der Waals surface area (Å²) < 4.78 is 16.6. The van der Waals surface area contributed by atoms with Gasteiger partial charge in [0.25, 0.3) is 0 Å². The maximum absolute atomic E-state index is 5.94. The van der Waals surface area contributed by atoms with Crippen molar-refractivity contribution in [3.8, 4) is 0 Å². The molecule has 1 aromatic rings. The molecule has 1 aliphatic heterocycles. The first-order chi connectivity index (χ1) is 6.98. The number of hydrogen-bond acceptors (Lipinski definition) is 4. The van der Waals surface area contributed by atoms with Gasteiger partial charge in [0.05, 0.1) is 17.4 Å². The molecule has 1 saturated heterocycles. The van der Waals surface area contributed by atoms with Gasteiger partial charge in [0.2, 0.25) is 0 Å². The van der Waals surface area contributed by atoms with Crippen LogP contribution in [0.5, 0.6) is 0 Å². The molecule has 0 spiro atoms. The molecule has 0 bridgehead atoms. The van der Waals surface area contributed by atoms with Crippen molar-refractivity contribution in [2.45, 2.75) is 45.3 Å². The molecule has 0 aromatic carbocycles. The SMILES string of the molecule is CCC1(C)OB(c2cnoc2)OC1(C)C. The smallest absolute Gasteiger partial charge is 0.399 e. The third-order valence-electron chi connectivity index (χ3n) is 3.44. The Morgan fingerprint density at radius 2 is 2.07 bits per heavy atom. The van der Waals surface area contributed by atoms with Crippen molar-refractivity contribution in [1.82, 2.24) is 5.16 Å². The molecule has 1 fully saturated rings. The second-order valence-corrected chi connectivity index (χ2v) is 4.62. The summed E-state index contributed by atoms with van der Waals surface area (Å²) in [6, 6.07) is 0. The Morgan fingerprint density at radius 3 is 2.53 bits per heavy atom. The molecular formula is C10H16BNO3. The molecule has 1 aromatic heterocycles. The molecule has 5 heteroatoms. The number of nitrogens with zero attached hydrogens (tertiary/aromatic N) is 1. The van der Waals surface area contributed by atoms with Crippen LogP contribution in [0, 0.1) is 0 Å². The molecular weight excluding hydrogens is 193 g/mol. The van der Waals surface area contributed by atoms with Gasteiger partial charge < -0.3 is 13.8 Å². The summed E-state index contributed by atoms with van der Waals surface area (Å²) >= 11 is 0. The predicted molar refractivity (Wildman–Crippen MR) is 56.8 cm³/mol. The molecule has 2 rings (SSSR count). The van der Waals surface area contributed by atoms with Crippen LogP contribution in [0.25, 0.3) is 0 Å². The topological polar surface area (TPSA) is 44.5 Å². The van der Waals surface area contributed by atoms with E-state index in [-0.39, 0.29) is 18.3 Å². The van der Waals surface area contributed by atoms with E-state index in [1.165, 1.54) is 0 Å². The first kappa shape index (κ1) is 10.7. The molecule has 1 aliphatic rings. The molecule has 1 unspecified atom stereocenters. The van der Waals surface area contributed by atoms with Crippen LogP contribution in [0.1, 0.15) is 34.1 Å². The monoisotopic (exact) mass is 209 g/mol. The summed E-state index contributed by atoms with van der Waals surface area (Å²) in [7, 11) is -0.365. The molecule has 0 radical (unpaired) electrons. The lowest BCUT2D eigenvalue weighted by molar-refractivity contribution is -0.0118. The molecule has 0 saturated carbocycles. The Morgan fingerprint density at radius 1 is 1.33 bits per heavy atom. The van der Waals surface area contributed by atoms with Crippen molar-refractivity contribution in [3.63, 3.8) is 0 Å². The van der Waals surface area contributed by atoms with Crippen LogP contribution in [0.15, 0.2) is 17.0 Å². The molecule has 2 heterocycles. The summed E-state index contributed by atoms with van der Waals surface area (Å²) in [5.41, 5.74) is 0.263.